The lowest BCUT2D eigenvalue weighted by Crippen LogP contribution is -2.48. The van der Waals surface area contributed by atoms with Gasteiger partial charge in [0.2, 0.25) is 5.91 Å². The number of aryl methyl sites for hydroxylation is 1. The van der Waals surface area contributed by atoms with Crippen LogP contribution in [0, 0.1) is 0 Å². The van der Waals surface area contributed by atoms with E-state index < -0.39 is 0 Å². The van der Waals surface area contributed by atoms with Crippen molar-refractivity contribution in [3.63, 3.8) is 0 Å². The van der Waals surface area contributed by atoms with E-state index in [-0.39, 0.29) is 11.3 Å². The minimum Gasteiger partial charge on any atom is -0.342 e. The SMILES string of the molecule is Cn1cnnc1C1CCN(C(=O)C2(c3cccc(Cl)c3)CCCC2)CC1. The summed E-state index contributed by atoms with van der Waals surface area (Å²) in [6.45, 7) is 1.58. The van der Waals surface area contributed by atoms with Crippen LogP contribution in [0.5, 0.6) is 0 Å². The quantitative estimate of drug-likeness (QED) is 0.825. The molecule has 1 amide bonds. The first kappa shape index (κ1) is 17.5. The lowest BCUT2D eigenvalue weighted by molar-refractivity contribution is -0.138. The molecule has 1 aliphatic heterocycles. The monoisotopic (exact) mass is 372 g/mol. The van der Waals surface area contributed by atoms with E-state index in [4.69, 9.17) is 11.6 Å². The molecule has 1 aliphatic carbocycles. The van der Waals surface area contributed by atoms with Gasteiger partial charge >= 0.3 is 0 Å². The smallest absolute Gasteiger partial charge is 0.233 e. The first-order chi connectivity index (χ1) is 12.6. The van der Waals surface area contributed by atoms with Crippen LogP contribution in [0.1, 0.15) is 55.8 Å². The van der Waals surface area contributed by atoms with E-state index in [0.717, 1.165) is 63.0 Å². The molecule has 0 unspecified atom stereocenters. The standard InChI is InChI=1S/C20H25ClN4O/c1-24-14-22-23-18(24)15-7-11-25(12-8-15)19(26)20(9-2-3-10-20)16-5-4-6-17(21)13-16/h4-6,13-15H,2-3,7-12H2,1H3. The van der Waals surface area contributed by atoms with Crippen molar-refractivity contribution in [2.24, 2.45) is 7.05 Å². The van der Waals surface area contributed by atoms with Gasteiger partial charge in [0.25, 0.3) is 0 Å². The van der Waals surface area contributed by atoms with E-state index in [2.05, 4.69) is 21.2 Å². The predicted octanol–water partition coefficient (Wildman–Crippen LogP) is 3.69. The highest BCUT2D eigenvalue weighted by atomic mass is 35.5. The van der Waals surface area contributed by atoms with Gasteiger partial charge in [0.05, 0.1) is 5.41 Å². The van der Waals surface area contributed by atoms with Crippen LogP contribution >= 0.6 is 11.6 Å². The molecule has 2 heterocycles. The highest BCUT2D eigenvalue weighted by molar-refractivity contribution is 6.30. The number of hydrogen-bond donors (Lipinski definition) is 0. The molecule has 6 heteroatoms. The molecule has 5 nitrogen and oxygen atoms in total. The second kappa shape index (κ2) is 7.03. The van der Waals surface area contributed by atoms with Crippen molar-refractivity contribution < 1.29 is 4.79 Å². The van der Waals surface area contributed by atoms with Gasteiger partial charge in [-0.05, 0) is 43.4 Å². The molecule has 1 saturated heterocycles. The number of benzene rings is 1. The van der Waals surface area contributed by atoms with Crippen LogP contribution in [0.3, 0.4) is 0 Å². The highest BCUT2D eigenvalue weighted by Gasteiger charge is 2.45. The fraction of sp³-hybridized carbons (Fsp3) is 0.550. The maximum absolute atomic E-state index is 13.5. The Kier molecular flexibility index (Phi) is 4.74. The Bertz CT molecular complexity index is 789. The molecule has 0 atom stereocenters. The van der Waals surface area contributed by atoms with Crippen LogP contribution in [0.15, 0.2) is 30.6 Å². The summed E-state index contributed by atoms with van der Waals surface area (Å²) in [7, 11) is 1.99. The maximum Gasteiger partial charge on any atom is 0.233 e. The normalized spacial score (nSPS) is 20.5. The summed E-state index contributed by atoms with van der Waals surface area (Å²) in [4.78, 5) is 15.6. The van der Waals surface area contributed by atoms with Gasteiger partial charge in [-0.2, -0.15) is 0 Å². The molecule has 0 bridgehead atoms. The number of likely N-dealkylation sites (tertiary alicyclic amines) is 1. The molecule has 1 saturated carbocycles. The van der Waals surface area contributed by atoms with Crippen LogP contribution < -0.4 is 0 Å². The molecule has 1 aromatic carbocycles. The Morgan fingerprint density at radius 3 is 2.58 bits per heavy atom. The fourth-order valence-electron chi connectivity index (χ4n) is 4.70. The Hall–Kier alpha value is -1.88. The third kappa shape index (κ3) is 3.02. The Balaban J connectivity index is 1.52. The summed E-state index contributed by atoms with van der Waals surface area (Å²) in [5.41, 5.74) is 0.700. The Labute approximate surface area is 159 Å². The molecule has 4 rings (SSSR count). The molecule has 2 fully saturated rings. The summed E-state index contributed by atoms with van der Waals surface area (Å²) in [5, 5.41) is 8.96. The van der Waals surface area contributed by atoms with Crippen molar-refractivity contribution in [1.82, 2.24) is 19.7 Å². The number of nitrogens with zero attached hydrogens (tertiary/aromatic N) is 4. The average molecular weight is 373 g/mol. The van der Waals surface area contributed by atoms with Crippen LogP contribution in [0.4, 0.5) is 0 Å². The third-order valence-electron chi connectivity index (χ3n) is 6.14. The van der Waals surface area contributed by atoms with Gasteiger partial charge in [-0.3, -0.25) is 4.79 Å². The van der Waals surface area contributed by atoms with Crippen molar-refractivity contribution in [3.05, 3.63) is 47.0 Å². The number of halogens is 1. The van der Waals surface area contributed by atoms with Gasteiger partial charge in [0.15, 0.2) is 0 Å². The van der Waals surface area contributed by atoms with Crippen molar-refractivity contribution in [3.8, 4) is 0 Å². The van der Waals surface area contributed by atoms with E-state index in [1.807, 2.05) is 29.8 Å². The molecular formula is C20H25ClN4O. The van der Waals surface area contributed by atoms with E-state index in [1.54, 1.807) is 6.33 Å². The largest absolute Gasteiger partial charge is 0.342 e. The van der Waals surface area contributed by atoms with E-state index in [1.165, 1.54) is 0 Å². The van der Waals surface area contributed by atoms with Gasteiger partial charge in [0.1, 0.15) is 12.2 Å². The summed E-state index contributed by atoms with van der Waals surface area (Å²) < 4.78 is 1.99. The van der Waals surface area contributed by atoms with E-state index in [0.29, 0.717) is 10.9 Å². The maximum atomic E-state index is 13.5. The van der Waals surface area contributed by atoms with Crippen LogP contribution in [0.2, 0.25) is 5.02 Å². The van der Waals surface area contributed by atoms with Crippen molar-refractivity contribution >= 4 is 17.5 Å². The van der Waals surface area contributed by atoms with Crippen molar-refractivity contribution in [2.75, 3.05) is 13.1 Å². The molecule has 0 N–H and O–H groups in total. The minimum absolute atomic E-state index is 0.286. The molecule has 1 aromatic heterocycles. The highest BCUT2D eigenvalue weighted by Crippen LogP contribution is 2.44. The van der Waals surface area contributed by atoms with Gasteiger partial charge in [-0.15, -0.1) is 10.2 Å². The molecule has 138 valence electrons. The molecular weight excluding hydrogens is 348 g/mol. The lowest BCUT2D eigenvalue weighted by atomic mass is 9.77. The fourth-order valence-corrected chi connectivity index (χ4v) is 4.89. The zero-order valence-corrected chi connectivity index (χ0v) is 16.0. The second-order valence-corrected chi connectivity index (χ2v) is 8.10. The Morgan fingerprint density at radius 2 is 1.96 bits per heavy atom. The number of carbonyl (C=O) groups is 1. The number of aromatic nitrogens is 3. The van der Waals surface area contributed by atoms with Gasteiger partial charge in [-0.25, -0.2) is 0 Å². The van der Waals surface area contributed by atoms with Gasteiger partial charge < -0.3 is 9.47 Å². The molecule has 2 aliphatic rings. The number of carbonyl (C=O) groups excluding carboxylic acids is 1. The second-order valence-electron chi connectivity index (χ2n) is 7.67. The number of piperidine rings is 1. The summed E-state index contributed by atoms with van der Waals surface area (Å²) in [5.74, 6) is 1.70. The van der Waals surface area contributed by atoms with E-state index >= 15 is 0 Å². The minimum atomic E-state index is -0.386. The molecule has 0 radical (unpaired) electrons. The molecule has 26 heavy (non-hydrogen) atoms. The lowest BCUT2D eigenvalue weighted by Gasteiger charge is -2.38. The number of amides is 1. The Morgan fingerprint density at radius 1 is 1.23 bits per heavy atom. The van der Waals surface area contributed by atoms with Gasteiger partial charge in [0, 0.05) is 31.1 Å². The van der Waals surface area contributed by atoms with Crippen LogP contribution in [-0.4, -0.2) is 38.7 Å². The third-order valence-corrected chi connectivity index (χ3v) is 6.37. The summed E-state index contributed by atoms with van der Waals surface area (Å²) in [6, 6.07) is 7.90. The molecule has 0 spiro atoms. The first-order valence-electron chi connectivity index (χ1n) is 9.49. The first-order valence-corrected chi connectivity index (χ1v) is 9.87. The predicted molar refractivity (Wildman–Crippen MR) is 101 cm³/mol. The molecule has 2 aromatic rings. The number of hydrogen-bond acceptors (Lipinski definition) is 3. The topological polar surface area (TPSA) is 51.0 Å². The van der Waals surface area contributed by atoms with Crippen molar-refractivity contribution in [2.45, 2.75) is 49.9 Å². The van der Waals surface area contributed by atoms with Crippen molar-refractivity contribution in [1.29, 1.82) is 0 Å². The zero-order chi connectivity index (χ0) is 18.1. The van der Waals surface area contributed by atoms with Crippen LogP contribution in [0.25, 0.3) is 0 Å². The summed E-state index contributed by atoms with van der Waals surface area (Å²) in [6.07, 6.45) is 7.71. The number of rotatable bonds is 3. The van der Waals surface area contributed by atoms with Gasteiger partial charge in [-0.1, -0.05) is 36.6 Å². The average Bonchev–Trinajstić information content (AvgIpc) is 3.31. The zero-order valence-electron chi connectivity index (χ0n) is 15.2. The van der Waals surface area contributed by atoms with Crippen LogP contribution in [-0.2, 0) is 17.3 Å². The summed E-state index contributed by atoms with van der Waals surface area (Å²) >= 11 is 6.23. The van der Waals surface area contributed by atoms with E-state index in [9.17, 15) is 4.79 Å².